The number of hydrogen-bond acceptors (Lipinski definition) is 4. The number of nitrogens with one attached hydrogen (secondary N) is 1. The zero-order chi connectivity index (χ0) is 15.5. The van der Waals surface area contributed by atoms with Crippen molar-refractivity contribution in [2.24, 2.45) is 11.8 Å². The third kappa shape index (κ3) is 3.18. The van der Waals surface area contributed by atoms with Crippen LogP contribution >= 0.6 is 0 Å². The van der Waals surface area contributed by atoms with E-state index in [9.17, 15) is 4.79 Å². The first kappa shape index (κ1) is 14.7. The normalized spacial score (nSPS) is 17.5. The van der Waals surface area contributed by atoms with Crippen LogP contribution in [0.3, 0.4) is 0 Å². The van der Waals surface area contributed by atoms with Crippen molar-refractivity contribution in [3.63, 3.8) is 0 Å². The molecule has 0 saturated heterocycles. The summed E-state index contributed by atoms with van der Waals surface area (Å²) < 4.78 is 4.07. The van der Waals surface area contributed by atoms with Crippen LogP contribution in [0.15, 0.2) is 18.7 Å². The summed E-state index contributed by atoms with van der Waals surface area (Å²) in [5.41, 5.74) is 0. The minimum absolute atomic E-state index is 0.0167. The van der Waals surface area contributed by atoms with Crippen molar-refractivity contribution in [1.29, 1.82) is 0 Å². The molecule has 1 N–H and O–H groups in total. The molecule has 0 spiro atoms. The van der Waals surface area contributed by atoms with Crippen LogP contribution < -0.4 is 5.32 Å². The second-order valence-electron chi connectivity index (χ2n) is 6.24. The molecule has 3 heterocycles. The third-order valence-corrected chi connectivity index (χ3v) is 3.98. The zero-order valence-electron chi connectivity index (χ0n) is 13.1. The zero-order valence-corrected chi connectivity index (χ0v) is 13.1. The van der Waals surface area contributed by atoms with E-state index in [-0.39, 0.29) is 11.8 Å². The minimum Gasteiger partial charge on any atom is -0.349 e. The van der Waals surface area contributed by atoms with Crippen molar-refractivity contribution >= 4 is 5.91 Å². The van der Waals surface area contributed by atoms with Gasteiger partial charge >= 0.3 is 0 Å². The van der Waals surface area contributed by atoms with Gasteiger partial charge in [0.2, 0.25) is 5.91 Å². The fourth-order valence-electron chi connectivity index (χ4n) is 2.85. The number of aryl methyl sites for hydroxylation is 1. The molecule has 1 aliphatic heterocycles. The van der Waals surface area contributed by atoms with Gasteiger partial charge in [-0.25, -0.2) is 4.98 Å². The van der Waals surface area contributed by atoms with E-state index in [1.807, 2.05) is 10.8 Å². The summed E-state index contributed by atoms with van der Waals surface area (Å²) in [6.45, 7) is 6.39. The maximum atomic E-state index is 12.4. The maximum Gasteiger partial charge on any atom is 0.225 e. The number of carbonyl (C=O) groups is 1. The van der Waals surface area contributed by atoms with Gasteiger partial charge in [0.25, 0.3) is 0 Å². The van der Waals surface area contributed by atoms with Gasteiger partial charge in [-0.3, -0.25) is 4.79 Å². The van der Waals surface area contributed by atoms with Gasteiger partial charge in [-0.15, -0.1) is 10.2 Å². The van der Waals surface area contributed by atoms with E-state index in [0.717, 1.165) is 31.0 Å². The number of imidazole rings is 1. The van der Waals surface area contributed by atoms with E-state index >= 15 is 0 Å². The van der Waals surface area contributed by atoms with Gasteiger partial charge in [0.05, 0.1) is 12.5 Å². The number of amides is 1. The molecule has 0 fully saturated rings. The Balaban J connectivity index is 1.56. The second kappa shape index (κ2) is 6.29. The van der Waals surface area contributed by atoms with E-state index in [1.54, 1.807) is 12.5 Å². The molecule has 3 rings (SSSR count). The molecule has 1 aliphatic rings. The first-order valence-electron chi connectivity index (χ1n) is 7.78. The van der Waals surface area contributed by atoms with Crippen molar-refractivity contribution in [2.75, 3.05) is 0 Å². The highest BCUT2D eigenvalue weighted by Crippen LogP contribution is 2.18. The summed E-state index contributed by atoms with van der Waals surface area (Å²) in [5.74, 6) is 2.49. The number of rotatable bonds is 5. The van der Waals surface area contributed by atoms with Crippen LogP contribution in [0.2, 0.25) is 0 Å². The molecule has 22 heavy (non-hydrogen) atoms. The lowest BCUT2D eigenvalue weighted by atomic mass is 9.98. The molecular weight excluding hydrogens is 280 g/mol. The Hall–Kier alpha value is -2.18. The summed E-state index contributed by atoms with van der Waals surface area (Å²) in [4.78, 5) is 16.7. The number of aromatic nitrogens is 5. The maximum absolute atomic E-state index is 12.4. The molecule has 0 aromatic carbocycles. The SMILES string of the molecule is CC(C)Cn1ccnc1CNC(=O)C1CCc2nncn2C1. The van der Waals surface area contributed by atoms with Crippen LogP contribution in [0.25, 0.3) is 0 Å². The van der Waals surface area contributed by atoms with Crippen molar-refractivity contribution in [2.45, 2.75) is 46.3 Å². The fourth-order valence-corrected chi connectivity index (χ4v) is 2.85. The topological polar surface area (TPSA) is 77.6 Å². The van der Waals surface area contributed by atoms with Gasteiger partial charge in [0.15, 0.2) is 0 Å². The molecule has 1 atom stereocenters. The monoisotopic (exact) mass is 302 g/mol. The van der Waals surface area contributed by atoms with Crippen LogP contribution in [0.1, 0.15) is 31.9 Å². The third-order valence-electron chi connectivity index (χ3n) is 3.98. The molecule has 0 radical (unpaired) electrons. The Kier molecular flexibility index (Phi) is 4.22. The van der Waals surface area contributed by atoms with Crippen molar-refractivity contribution < 1.29 is 4.79 Å². The number of hydrogen-bond donors (Lipinski definition) is 1. The van der Waals surface area contributed by atoms with Gasteiger partial charge < -0.3 is 14.5 Å². The Morgan fingerprint density at radius 2 is 2.36 bits per heavy atom. The largest absolute Gasteiger partial charge is 0.349 e. The molecule has 1 amide bonds. The molecule has 0 saturated carbocycles. The van der Waals surface area contributed by atoms with E-state index in [4.69, 9.17) is 0 Å². The molecule has 0 bridgehead atoms. The van der Waals surface area contributed by atoms with Gasteiger partial charge in [0.1, 0.15) is 18.0 Å². The van der Waals surface area contributed by atoms with Gasteiger partial charge in [0, 0.05) is 31.9 Å². The lowest BCUT2D eigenvalue weighted by molar-refractivity contribution is -0.126. The first-order valence-corrected chi connectivity index (χ1v) is 7.78. The van der Waals surface area contributed by atoms with E-state index in [0.29, 0.717) is 19.0 Å². The number of fused-ring (bicyclic) bond motifs is 1. The van der Waals surface area contributed by atoms with Crippen LogP contribution in [-0.4, -0.2) is 30.2 Å². The van der Waals surface area contributed by atoms with Gasteiger partial charge in [-0.2, -0.15) is 0 Å². The average Bonchev–Trinajstić information content (AvgIpc) is 3.12. The Labute approximate surface area is 129 Å². The quantitative estimate of drug-likeness (QED) is 0.894. The summed E-state index contributed by atoms with van der Waals surface area (Å²) in [6, 6.07) is 0. The Bertz CT molecular complexity index is 644. The van der Waals surface area contributed by atoms with Gasteiger partial charge in [-0.1, -0.05) is 13.8 Å². The van der Waals surface area contributed by atoms with Crippen molar-refractivity contribution in [3.8, 4) is 0 Å². The van der Waals surface area contributed by atoms with Crippen LogP contribution in [0.5, 0.6) is 0 Å². The van der Waals surface area contributed by atoms with Crippen molar-refractivity contribution in [1.82, 2.24) is 29.6 Å². The number of nitrogens with zero attached hydrogens (tertiary/aromatic N) is 5. The van der Waals surface area contributed by atoms with E-state index in [2.05, 4.69) is 38.9 Å². The van der Waals surface area contributed by atoms with E-state index < -0.39 is 0 Å². The lowest BCUT2D eigenvalue weighted by Crippen LogP contribution is -2.36. The summed E-state index contributed by atoms with van der Waals surface area (Å²) in [6.07, 6.45) is 7.08. The Morgan fingerprint density at radius 1 is 1.50 bits per heavy atom. The molecular formula is C15H22N6O. The predicted molar refractivity (Wildman–Crippen MR) is 80.7 cm³/mol. The highest BCUT2D eigenvalue weighted by atomic mass is 16.1. The molecule has 0 aliphatic carbocycles. The highest BCUT2D eigenvalue weighted by molar-refractivity contribution is 5.78. The average molecular weight is 302 g/mol. The summed E-state index contributed by atoms with van der Waals surface area (Å²) in [5, 5.41) is 11.0. The smallest absolute Gasteiger partial charge is 0.225 e. The molecule has 7 heteroatoms. The Morgan fingerprint density at radius 3 is 3.18 bits per heavy atom. The highest BCUT2D eigenvalue weighted by Gasteiger charge is 2.25. The van der Waals surface area contributed by atoms with Gasteiger partial charge in [-0.05, 0) is 12.3 Å². The second-order valence-corrected chi connectivity index (χ2v) is 6.24. The van der Waals surface area contributed by atoms with Crippen LogP contribution in [0, 0.1) is 11.8 Å². The predicted octanol–water partition coefficient (Wildman–Crippen LogP) is 1.01. The fraction of sp³-hybridized carbons (Fsp3) is 0.600. The standard InChI is InChI=1S/C15H22N6O/c1-11(2)8-20-6-5-16-14(20)7-17-15(22)12-3-4-13-19-18-10-21(13)9-12/h5-6,10-12H,3-4,7-9H2,1-2H3,(H,17,22). The molecule has 2 aromatic rings. The van der Waals surface area contributed by atoms with E-state index in [1.165, 1.54) is 0 Å². The summed E-state index contributed by atoms with van der Waals surface area (Å²) in [7, 11) is 0. The van der Waals surface area contributed by atoms with Crippen molar-refractivity contribution in [3.05, 3.63) is 30.4 Å². The summed E-state index contributed by atoms with van der Waals surface area (Å²) >= 11 is 0. The first-order chi connectivity index (χ1) is 10.6. The molecule has 7 nitrogen and oxygen atoms in total. The molecule has 118 valence electrons. The van der Waals surface area contributed by atoms with Crippen LogP contribution in [0.4, 0.5) is 0 Å². The molecule has 2 aromatic heterocycles. The van der Waals surface area contributed by atoms with Crippen LogP contribution in [-0.2, 0) is 30.8 Å². The molecule has 1 unspecified atom stereocenters. The lowest BCUT2D eigenvalue weighted by Gasteiger charge is -2.22. The minimum atomic E-state index is -0.0167. The number of carbonyl (C=O) groups excluding carboxylic acids is 1.